The van der Waals surface area contributed by atoms with E-state index in [0.717, 1.165) is 18.2 Å². The Morgan fingerprint density at radius 2 is 2.00 bits per heavy atom. The molecule has 0 amide bonds. The lowest BCUT2D eigenvalue weighted by Crippen LogP contribution is -2.22. The predicted octanol–water partition coefficient (Wildman–Crippen LogP) is 2.30. The number of aliphatic carboxylic acids is 1. The van der Waals surface area contributed by atoms with Crippen molar-refractivity contribution in [1.29, 1.82) is 0 Å². The van der Waals surface area contributed by atoms with Crippen molar-refractivity contribution < 1.29 is 31.5 Å². The van der Waals surface area contributed by atoms with E-state index in [1.165, 1.54) is 6.92 Å². The van der Waals surface area contributed by atoms with Gasteiger partial charge >= 0.3 is 12.1 Å². The van der Waals surface area contributed by atoms with Gasteiger partial charge in [-0.2, -0.15) is 13.2 Å². The molecular weight excluding hydrogens is 297 g/mol. The van der Waals surface area contributed by atoms with Crippen LogP contribution >= 0.6 is 0 Å². The van der Waals surface area contributed by atoms with Crippen LogP contribution in [0.5, 0.6) is 0 Å². The second-order valence-corrected chi connectivity index (χ2v) is 6.73. The van der Waals surface area contributed by atoms with Gasteiger partial charge in [-0.3, -0.25) is 4.79 Å². The number of carboxylic acid groups (broad SMARTS) is 1. The average molecular weight is 308 g/mol. The average Bonchev–Trinajstić information content (AvgIpc) is 2.59. The Bertz CT molecular complexity index is 664. The van der Waals surface area contributed by atoms with E-state index in [0.29, 0.717) is 0 Å². The molecule has 0 aliphatic carbocycles. The van der Waals surface area contributed by atoms with Gasteiger partial charge in [0.25, 0.3) is 0 Å². The summed E-state index contributed by atoms with van der Waals surface area (Å²) in [4.78, 5) is 10.6. The maximum absolute atomic E-state index is 13.0. The Balaban J connectivity index is 2.72. The van der Waals surface area contributed by atoms with Crippen LogP contribution in [0.25, 0.3) is 0 Å². The maximum atomic E-state index is 13.0. The van der Waals surface area contributed by atoms with E-state index in [1.807, 2.05) is 0 Å². The highest BCUT2D eigenvalue weighted by atomic mass is 32.2. The first-order chi connectivity index (χ1) is 9.05. The first-order valence-electron chi connectivity index (χ1n) is 5.71. The van der Waals surface area contributed by atoms with Crippen LogP contribution < -0.4 is 0 Å². The van der Waals surface area contributed by atoms with E-state index in [9.17, 15) is 26.4 Å². The van der Waals surface area contributed by atoms with Gasteiger partial charge in [0, 0.05) is 5.92 Å². The maximum Gasteiger partial charge on any atom is 0.416 e. The van der Waals surface area contributed by atoms with Crippen LogP contribution in [-0.2, 0) is 20.8 Å². The summed E-state index contributed by atoms with van der Waals surface area (Å²) < 4.78 is 62.8. The smallest absolute Gasteiger partial charge is 0.416 e. The minimum atomic E-state index is -4.72. The van der Waals surface area contributed by atoms with Crippen LogP contribution in [0.4, 0.5) is 13.2 Å². The zero-order valence-electron chi connectivity index (χ0n) is 10.3. The van der Waals surface area contributed by atoms with Gasteiger partial charge in [-0.15, -0.1) is 0 Å². The summed E-state index contributed by atoms with van der Waals surface area (Å²) in [7, 11) is -3.88. The van der Waals surface area contributed by atoms with Crippen LogP contribution in [0.3, 0.4) is 0 Å². The number of hydrogen-bond acceptors (Lipinski definition) is 3. The van der Waals surface area contributed by atoms with Crippen LogP contribution in [-0.4, -0.2) is 25.2 Å². The molecule has 1 aliphatic rings. The minimum absolute atomic E-state index is 0.412. The van der Waals surface area contributed by atoms with Crippen molar-refractivity contribution in [2.75, 3.05) is 5.75 Å². The van der Waals surface area contributed by atoms with E-state index in [1.54, 1.807) is 0 Å². The number of sulfone groups is 1. The third-order valence-corrected chi connectivity index (χ3v) is 5.29. The Labute approximate surface area is 113 Å². The molecule has 20 heavy (non-hydrogen) atoms. The Morgan fingerprint density at radius 1 is 1.40 bits per heavy atom. The monoisotopic (exact) mass is 308 g/mol. The van der Waals surface area contributed by atoms with Gasteiger partial charge in [-0.25, -0.2) is 8.42 Å². The molecule has 0 spiro atoms. The fourth-order valence-corrected chi connectivity index (χ4v) is 4.41. The molecule has 8 heteroatoms. The lowest BCUT2D eigenvalue weighted by molar-refractivity contribution is -0.143. The molecule has 110 valence electrons. The zero-order valence-corrected chi connectivity index (χ0v) is 11.1. The quantitative estimate of drug-likeness (QED) is 0.910. The second-order valence-electron chi connectivity index (χ2n) is 4.73. The Kier molecular flexibility index (Phi) is 3.32. The van der Waals surface area contributed by atoms with E-state index in [-0.39, 0.29) is 0 Å². The fourth-order valence-electron chi connectivity index (χ4n) is 2.42. The lowest BCUT2D eigenvalue weighted by atomic mass is 9.86. The summed E-state index contributed by atoms with van der Waals surface area (Å²) in [6.07, 6.45) is -4.72. The summed E-state index contributed by atoms with van der Waals surface area (Å²) >= 11 is 0. The molecule has 0 fully saturated rings. The first kappa shape index (κ1) is 14.8. The summed E-state index contributed by atoms with van der Waals surface area (Å²) in [6.45, 7) is 1.21. The highest BCUT2D eigenvalue weighted by molar-refractivity contribution is 7.91. The summed E-state index contributed by atoms with van der Waals surface area (Å²) in [5.74, 6) is -4.34. The normalized spacial score (nSPS) is 22.3. The minimum Gasteiger partial charge on any atom is -0.481 e. The summed E-state index contributed by atoms with van der Waals surface area (Å²) in [5, 5.41) is 8.96. The molecule has 1 N–H and O–H groups in total. The standard InChI is InChI=1S/C12H11F3O4S/c1-6(11(16)17)7-5-20(18,19)9-4-2-3-8(10(7)9)12(13,14)15/h2-4,6-7H,5H2,1H3,(H,16,17). The molecule has 0 aromatic heterocycles. The molecule has 2 atom stereocenters. The van der Waals surface area contributed by atoms with Gasteiger partial charge in [0.1, 0.15) is 0 Å². The second kappa shape index (κ2) is 4.47. The van der Waals surface area contributed by atoms with Crippen LogP contribution in [0, 0.1) is 5.92 Å². The molecule has 4 nitrogen and oxygen atoms in total. The van der Waals surface area contributed by atoms with Crippen molar-refractivity contribution in [2.45, 2.75) is 23.9 Å². The first-order valence-corrected chi connectivity index (χ1v) is 7.36. The van der Waals surface area contributed by atoms with Gasteiger partial charge in [-0.1, -0.05) is 13.0 Å². The largest absolute Gasteiger partial charge is 0.481 e. The molecule has 1 aromatic carbocycles. The van der Waals surface area contributed by atoms with Crippen molar-refractivity contribution in [1.82, 2.24) is 0 Å². The Morgan fingerprint density at radius 3 is 2.50 bits per heavy atom. The zero-order chi connectivity index (χ0) is 15.3. The van der Waals surface area contributed by atoms with Crippen molar-refractivity contribution >= 4 is 15.8 Å². The van der Waals surface area contributed by atoms with Gasteiger partial charge in [0.15, 0.2) is 9.84 Å². The third kappa shape index (κ3) is 2.28. The molecular formula is C12H11F3O4S. The number of carboxylic acids is 1. The van der Waals surface area contributed by atoms with Crippen molar-refractivity contribution in [2.24, 2.45) is 5.92 Å². The summed E-state index contributed by atoms with van der Waals surface area (Å²) in [6, 6.07) is 2.89. The van der Waals surface area contributed by atoms with Crippen molar-refractivity contribution in [3.8, 4) is 0 Å². The number of halogens is 3. The fraction of sp³-hybridized carbons (Fsp3) is 0.417. The predicted molar refractivity (Wildman–Crippen MR) is 63.0 cm³/mol. The van der Waals surface area contributed by atoms with Crippen LogP contribution in [0.2, 0.25) is 0 Å². The molecule has 0 saturated carbocycles. The van der Waals surface area contributed by atoms with Crippen molar-refractivity contribution in [3.05, 3.63) is 29.3 Å². The highest BCUT2D eigenvalue weighted by Crippen LogP contribution is 2.46. The van der Waals surface area contributed by atoms with Gasteiger partial charge in [0.05, 0.1) is 22.1 Å². The molecule has 2 rings (SSSR count). The van der Waals surface area contributed by atoms with Crippen molar-refractivity contribution in [3.63, 3.8) is 0 Å². The lowest BCUT2D eigenvalue weighted by Gasteiger charge is -2.19. The molecule has 0 saturated heterocycles. The number of fused-ring (bicyclic) bond motifs is 1. The molecule has 1 aromatic rings. The number of hydrogen-bond donors (Lipinski definition) is 1. The number of carbonyl (C=O) groups is 1. The topological polar surface area (TPSA) is 71.4 Å². The SMILES string of the molecule is CC(C(=O)O)C1CS(=O)(=O)c2cccc(C(F)(F)F)c21. The highest BCUT2D eigenvalue weighted by Gasteiger charge is 2.46. The molecule has 0 bridgehead atoms. The molecule has 1 heterocycles. The van der Waals surface area contributed by atoms with E-state index in [4.69, 9.17) is 5.11 Å². The third-order valence-electron chi connectivity index (χ3n) is 3.47. The summed E-state index contributed by atoms with van der Waals surface area (Å²) in [5.41, 5.74) is -1.50. The molecule has 0 radical (unpaired) electrons. The number of rotatable bonds is 2. The van der Waals surface area contributed by atoms with Crippen LogP contribution in [0.1, 0.15) is 24.0 Å². The molecule has 1 aliphatic heterocycles. The van der Waals surface area contributed by atoms with E-state index >= 15 is 0 Å². The molecule has 2 unspecified atom stereocenters. The van der Waals surface area contributed by atoms with Gasteiger partial charge in [-0.05, 0) is 17.7 Å². The van der Waals surface area contributed by atoms with Gasteiger partial charge < -0.3 is 5.11 Å². The van der Waals surface area contributed by atoms with Gasteiger partial charge in [0.2, 0.25) is 0 Å². The van der Waals surface area contributed by atoms with Crippen LogP contribution in [0.15, 0.2) is 23.1 Å². The number of alkyl halides is 3. The Hall–Kier alpha value is -1.57. The number of benzene rings is 1. The van der Waals surface area contributed by atoms with E-state index in [2.05, 4.69) is 0 Å². The van der Waals surface area contributed by atoms with E-state index < -0.39 is 55.6 Å².